The van der Waals surface area contributed by atoms with Crippen LogP contribution in [0.15, 0.2) is 42.5 Å². The number of hydrogen-bond acceptors (Lipinski definition) is 4. The third-order valence-electron chi connectivity index (χ3n) is 6.64. The summed E-state index contributed by atoms with van der Waals surface area (Å²) in [7, 11) is 1.95. The minimum Gasteiger partial charge on any atom is -0.760 e. The molecular weight excluding hydrogens is 403 g/mol. The first-order valence-electron chi connectivity index (χ1n) is 10.5. The van der Waals surface area contributed by atoms with E-state index in [0.717, 1.165) is 43.2 Å². The van der Waals surface area contributed by atoms with Crippen molar-refractivity contribution in [2.24, 2.45) is 0 Å². The van der Waals surface area contributed by atoms with E-state index in [0.29, 0.717) is 6.42 Å². The Kier molecular flexibility index (Phi) is 6.53. The van der Waals surface area contributed by atoms with Crippen LogP contribution in [0.5, 0.6) is 5.75 Å². The molecule has 4 rings (SSSR count). The summed E-state index contributed by atoms with van der Waals surface area (Å²) in [6.45, 7) is 0.277. The molecule has 2 aromatic rings. The molecule has 3 atom stereocenters. The van der Waals surface area contributed by atoms with Crippen LogP contribution in [0.1, 0.15) is 48.3 Å². The number of hydrogen-bond donors (Lipinski definition) is 2. The van der Waals surface area contributed by atoms with Crippen molar-refractivity contribution in [2.75, 3.05) is 13.7 Å². The molecule has 2 aromatic carbocycles. The van der Waals surface area contributed by atoms with Crippen LogP contribution in [0.4, 0.5) is 4.39 Å². The predicted molar refractivity (Wildman–Crippen MR) is 115 cm³/mol. The van der Waals surface area contributed by atoms with Crippen LogP contribution >= 0.6 is 0 Å². The molecule has 30 heavy (non-hydrogen) atoms. The van der Waals surface area contributed by atoms with Gasteiger partial charge in [0, 0.05) is 35.2 Å². The molecule has 0 amide bonds. The molecule has 2 aliphatic carbocycles. The number of rotatable bonds is 9. The molecule has 7 heteroatoms. The molecule has 0 radical (unpaired) electrons. The number of benzene rings is 2. The smallest absolute Gasteiger partial charge is 0.165 e. The van der Waals surface area contributed by atoms with Gasteiger partial charge in [0.05, 0.1) is 6.61 Å². The van der Waals surface area contributed by atoms with Crippen LogP contribution in [0.2, 0.25) is 0 Å². The summed E-state index contributed by atoms with van der Waals surface area (Å²) in [5, 5.41) is 3.39. The van der Waals surface area contributed by atoms with Crippen molar-refractivity contribution in [1.82, 2.24) is 10.0 Å². The average Bonchev–Trinajstić information content (AvgIpc) is 3.03. The minimum absolute atomic E-state index is 0.248. The third-order valence-corrected chi connectivity index (χ3v) is 7.24. The molecule has 0 aromatic heterocycles. The van der Waals surface area contributed by atoms with Crippen LogP contribution < -0.4 is 14.8 Å². The van der Waals surface area contributed by atoms with E-state index in [1.165, 1.54) is 5.56 Å². The lowest BCUT2D eigenvalue weighted by molar-refractivity contribution is 0.161. The Hall–Kier alpha value is -1.80. The molecule has 2 aliphatic rings. The first-order chi connectivity index (χ1) is 14.5. The fourth-order valence-corrected chi connectivity index (χ4v) is 5.46. The zero-order chi connectivity index (χ0) is 21.1. The highest BCUT2D eigenvalue weighted by Gasteiger charge is 2.37. The van der Waals surface area contributed by atoms with Gasteiger partial charge in [-0.05, 0) is 68.0 Å². The van der Waals surface area contributed by atoms with Gasteiger partial charge in [0.25, 0.3) is 0 Å². The van der Waals surface area contributed by atoms with E-state index < -0.39 is 16.8 Å². The van der Waals surface area contributed by atoms with Crippen molar-refractivity contribution >= 4 is 11.3 Å². The molecule has 162 valence electrons. The maximum atomic E-state index is 14.7. The summed E-state index contributed by atoms with van der Waals surface area (Å²) in [5.74, 6) is 0.145. The lowest BCUT2D eigenvalue weighted by Crippen LogP contribution is -2.52. The first-order valence-corrected chi connectivity index (χ1v) is 11.6. The Labute approximate surface area is 179 Å². The fraction of sp³-hybridized carbons (Fsp3) is 0.478. The summed E-state index contributed by atoms with van der Waals surface area (Å²) >= 11 is -2.30. The van der Waals surface area contributed by atoms with E-state index in [2.05, 4.69) is 22.2 Å². The van der Waals surface area contributed by atoms with Crippen LogP contribution in [0.25, 0.3) is 0 Å². The highest BCUT2D eigenvalue weighted by Crippen LogP contribution is 2.40. The molecule has 0 aliphatic heterocycles. The lowest BCUT2D eigenvalue weighted by Gasteiger charge is -2.43. The van der Waals surface area contributed by atoms with E-state index in [1.54, 1.807) is 6.07 Å². The molecule has 1 fully saturated rings. The molecule has 2 N–H and O–H groups in total. The number of likely N-dealkylation sites (N-methyl/N-ethyl adjacent to an activating group) is 1. The van der Waals surface area contributed by atoms with Gasteiger partial charge in [0.15, 0.2) is 11.6 Å². The quantitative estimate of drug-likeness (QED) is 0.597. The van der Waals surface area contributed by atoms with Gasteiger partial charge < -0.3 is 14.6 Å². The minimum atomic E-state index is -2.30. The monoisotopic (exact) mass is 431 g/mol. The maximum Gasteiger partial charge on any atom is 0.165 e. The molecule has 0 bridgehead atoms. The average molecular weight is 432 g/mol. The van der Waals surface area contributed by atoms with Crippen LogP contribution in [-0.2, 0) is 24.1 Å². The SMILES string of the molecule is CNC1Cc2cc(F)c(OCCC3(NS(=O)[O-])CCC3)cc2C1Cc1ccccc1. The molecule has 0 heterocycles. The molecule has 3 unspecified atom stereocenters. The van der Waals surface area contributed by atoms with E-state index in [9.17, 15) is 13.2 Å². The summed E-state index contributed by atoms with van der Waals surface area (Å²) in [5.41, 5.74) is 2.98. The molecular formula is C23H28FN2O3S-. The molecule has 1 saturated carbocycles. The largest absolute Gasteiger partial charge is 0.760 e. The highest BCUT2D eigenvalue weighted by atomic mass is 32.2. The van der Waals surface area contributed by atoms with Crippen molar-refractivity contribution in [1.29, 1.82) is 0 Å². The second kappa shape index (κ2) is 9.14. The second-order valence-corrected chi connectivity index (χ2v) is 9.12. The predicted octanol–water partition coefficient (Wildman–Crippen LogP) is 3.37. The Bertz CT molecular complexity index is 905. The van der Waals surface area contributed by atoms with Crippen LogP contribution in [0.3, 0.4) is 0 Å². The topological polar surface area (TPSA) is 73.4 Å². The van der Waals surface area contributed by atoms with Crippen molar-refractivity contribution in [3.05, 3.63) is 65.0 Å². The summed E-state index contributed by atoms with van der Waals surface area (Å²) in [6, 6.07) is 14.0. The Morgan fingerprint density at radius 2 is 2.03 bits per heavy atom. The van der Waals surface area contributed by atoms with Crippen molar-refractivity contribution < 1.29 is 17.9 Å². The van der Waals surface area contributed by atoms with Gasteiger partial charge in [-0.25, -0.2) is 9.11 Å². The Morgan fingerprint density at radius 1 is 1.27 bits per heavy atom. The highest BCUT2D eigenvalue weighted by molar-refractivity contribution is 7.77. The lowest BCUT2D eigenvalue weighted by atomic mass is 9.75. The van der Waals surface area contributed by atoms with Gasteiger partial charge in [-0.15, -0.1) is 0 Å². The van der Waals surface area contributed by atoms with E-state index in [1.807, 2.05) is 31.3 Å². The third kappa shape index (κ3) is 4.59. The molecule has 0 spiro atoms. The number of halogens is 1. The van der Waals surface area contributed by atoms with E-state index in [4.69, 9.17) is 4.74 Å². The molecule has 5 nitrogen and oxygen atoms in total. The zero-order valence-corrected chi connectivity index (χ0v) is 18.0. The first kappa shape index (κ1) is 21.4. The normalized spacial score (nSPS) is 22.9. The maximum absolute atomic E-state index is 14.7. The van der Waals surface area contributed by atoms with Gasteiger partial charge in [-0.3, -0.25) is 4.21 Å². The second-order valence-electron chi connectivity index (χ2n) is 8.45. The van der Waals surface area contributed by atoms with Gasteiger partial charge in [0.1, 0.15) is 0 Å². The number of nitrogens with one attached hydrogen (secondary N) is 2. The Morgan fingerprint density at radius 3 is 2.67 bits per heavy atom. The zero-order valence-electron chi connectivity index (χ0n) is 17.2. The standard InChI is InChI=1S/C23H29FN2O3S/c1-25-21-14-17-13-20(24)22(29-11-10-23(8-5-9-23)26-30(27)28)15-18(17)19(21)12-16-6-3-2-4-7-16/h2-4,6-7,13,15,19,21,25-26H,5,8-12,14H2,1H3,(H,27,28)/p-1. The van der Waals surface area contributed by atoms with Gasteiger partial charge >= 0.3 is 0 Å². The fourth-order valence-electron chi connectivity index (χ4n) is 4.80. The van der Waals surface area contributed by atoms with Gasteiger partial charge in [0.2, 0.25) is 0 Å². The number of ether oxygens (including phenoxy) is 1. The van der Waals surface area contributed by atoms with Crippen LogP contribution in [0, 0.1) is 5.82 Å². The van der Waals surface area contributed by atoms with Crippen molar-refractivity contribution in [3.8, 4) is 5.75 Å². The van der Waals surface area contributed by atoms with Crippen LogP contribution in [-0.4, -0.2) is 34.0 Å². The van der Waals surface area contributed by atoms with E-state index >= 15 is 0 Å². The molecule has 0 saturated heterocycles. The summed E-state index contributed by atoms with van der Waals surface area (Å²) in [4.78, 5) is 0. The summed E-state index contributed by atoms with van der Waals surface area (Å²) < 4.78 is 45.2. The number of fused-ring (bicyclic) bond motifs is 1. The van der Waals surface area contributed by atoms with Crippen molar-refractivity contribution in [2.45, 2.75) is 56.0 Å². The van der Waals surface area contributed by atoms with Gasteiger partial charge in [-0.2, -0.15) is 0 Å². The van der Waals surface area contributed by atoms with E-state index in [-0.39, 0.29) is 30.1 Å². The van der Waals surface area contributed by atoms with Crippen molar-refractivity contribution in [3.63, 3.8) is 0 Å². The summed E-state index contributed by atoms with van der Waals surface area (Å²) in [6.07, 6.45) is 4.78. The Balaban J connectivity index is 1.48. The van der Waals surface area contributed by atoms with Gasteiger partial charge in [-0.1, -0.05) is 30.3 Å².